The van der Waals surface area contributed by atoms with Gasteiger partial charge in [-0.3, -0.25) is 4.79 Å². The molecule has 0 atom stereocenters. The number of nitrogens with one attached hydrogen (secondary N) is 1. The van der Waals surface area contributed by atoms with Crippen molar-refractivity contribution in [1.29, 1.82) is 0 Å². The zero-order valence-electron chi connectivity index (χ0n) is 17.2. The molecule has 164 valence electrons. The quantitative estimate of drug-likeness (QED) is 0.383. The molecule has 1 saturated carbocycles. The van der Waals surface area contributed by atoms with Crippen LogP contribution in [0, 0.1) is 0 Å². The van der Waals surface area contributed by atoms with Crippen molar-refractivity contribution in [3.63, 3.8) is 0 Å². The van der Waals surface area contributed by atoms with Crippen LogP contribution in [0.3, 0.4) is 0 Å². The Morgan fingerprint density at radius 1 is 1.27 bits per heavy atom. The predicted molar refractivity (Wildman–Crippen MR) is 122 cm³/mol. The van der Waals surface area contributed by atoms with Crippen LogP contribution in [0.15, 0.2) is 23.4 Å². The zero-order valence-corrected chi connectivity index (χ0v) is 19.5. The van der Waals surface area contributed by atoms with Crippen molar-refractivity contribution >= 4 is 40.9 Å². The van der Waals surface area contributed by atoms with E-state index in [-0.39, 0.29) is 5.91 Å². The molecule has 0 spiro atoms. The molecule has 30 heavy (non-hydrogen) atoms. The van der Waals surface area contributed by atoms with E-state index in [9.17, 15) is 4.79 Å². The summed E-state index contributed by atoms with van der Waals surface area (Å²) in [6.07, 6.45) is 7.40. The molecule has 0 aliphatic heterocycles. The van der Waals surface area contributed by atoms with Crippen molar-refractivity contribution in [1.82, 2.24) is 20.1 Å². The first kappa shape index (κ1) is 23.2. The third kappa shape index (κ3) is 6.79. The van der Waals surface area contributed by atoms with Gasteiger partial charge in [0.25, 0.3) is 0 Å². The van der Waals surface area contributed by atoms with Crippen LogP contribution < -0.4 is 10.1 Å². The summed E-state index contributed by atoms with van der Waals surface area (Å²) in [7, 11) is 0. The van der Waals surface area contributed by atoms with Crippen molar-refractivity contribution < 1.29 is 9.53 Å². The second kappa shape index (κ2) is 11.8. The number of thioether (sulfide) groups is 1. The highest BCUT2D eigenvalue weighted by Crippen LogP contribution is 2.27. The van der Waals surface area contributed by atoms with Gasteiger partial charge in [-0.1, -0.05) is 54.2 Å². The van der Waals surface area contributed by atoms with E-state index in [0.717, 1.165) is 43.2 Å². The largest absolute Gasteiger partial charge is 0.492 e. The van der Waals surface area contributed by atoms with Crippen LogP contribution in [0.5, 0.6) is 5.75 Å². The average molecular weight is 471 g/mol. The lowest BCUT2D eigenvalue weighted by atomic mass is 9.95. The molecule has 1 aromatic carbocycles. The molecule has 1 aliphatic carbocycles. The summed E-state index contributed by atoms with van der Waals surface area (Å²) in [5.74, 6) is 1.97. The summed E-state index contributed by atoms with van der Waals surface area (Å²) in [5, 5.41) is 13.6. The van der Waals surface area contributed by atoms with Gasteiger partial charge in [-0.2, -0.15) is 0 Å². The highest BCUT2D eigenvalue weighted by Gasteiger charge is 2.17. The van der Waals surface area contributed by atoms with E-state index in [0.29, 0.717) is 34.2 Å². The first-order chi connectivity index (χ1) is 14.6. The molecule has 9 heteroatoms. The lowest BCUT2D eigenvalue weighted by Gasteiger charge is -2.22. The lowest BCUT2D eigenvalue weighted by molar-refractivity contribution is -0.119. The Morgan fingerprint density at radius 3 is 2.80 bits per heavy atom. The van der Waals surface area contributed by atoms with E-state index in [4.69, 9.17) is 27.9 Å². The van der Waals surface area contributed by atoms with E-state index in [1.165, 1.54) is 31.0 Å². The number of aromatic nitrogens is 3. The molecule has 1 fully saturated rings. The Bertz CT molecular complexity index is 840. The number of rotatable bonds is 10. The summed E-state index contributed by atoms with van der Waals surface area (Å²) < 4.78 is 7.80. The minimum Gasteiger partial charge on any atom is -0.492 e. The topological polar surface area (TPSA) is 69.0 Å². The van der Waals surface area contributed by atoms with Crippen molar-refractivity contribution in [3.05, 3.63) is 34.1 Å². The van der Waals surface area contributed by atoms with Gasteiger partial charge in [0.2, 0.25) is 5.91 Å². The normalized spacial score (nSPS) is 14.6. The maximum Gasteiger partial charge on any atom is 0.230 e. The van der Waals surface area contributed by atoms with E-state index in [1.807, 2.05) is 0 Å². The first-order valence-corrected chi connectivity index (χ1v) is 12.2. The van der Waals surface area contributed by atoms with Crippen LogP contribution >= 0.6 is 35.0 Å². The number of amides is 1. The molecule has 1 N–H and O–H groups in total. The molecule has 0 radical (unpaired) electrons. The van der Waals surface area contributed by atoms with E-state index >= 15 is 0 Å². The highest BCUT2D eigenvalue weighted by atomic mass is 35.5. The molecule has 0 unspecified atom stereocenters. The maximum atomic E-state index is 12.3. The minimum absolute atomic E-state index is 0.0762. The van der Waals surface area contributed by atoms with E-state index in [2.05, 4.69) is 27.0 Å². The minimum atomic E-state index is 0.0762. The number of ether oxygens (including phenoxy) is 1. The third-order valence-corrected chi connectivity index (χ3v) is 6.61. The number of benzene rings is 1. The molecule has 0 saturated heterocycles. The van der Waals surface area contributed by atoms with Gasteiger partial charge in [0.1, 0.15) is 11.6 Å². The first-order valence-electron chi connectivity index (χ1n) is 10.5. The predicted octanol–water partition coefficient (Wildman–Crippen LogP) is 5.16. The van der Waals surface area contributed by atoms with E-state index < -0.39 is 0 Å². The van der Waals surface area contributed by atoms with Crippen LogP contribution in [0.2, 0.25) is 10.0 Å². The van der Waals surface area contributed by atoms with Gasteiger partial charge in [0.15, 0.2) is 5.16 Å². The molecule has 0 bridgehead atoms. The maximum absolute atomic E-state index is 12.3. The van der Waals surface area contributed by atoms with Gasteiger partial charge in [-0.05, 0) is 44.4 Å². The number of hydrogen-bond acceptors (Lipinski definition) is 5. The van der Waals surface area contributed by atoms with Gasteiger partial charge in [-0.15, -0.1) is 10.2 Å². The molecule has 1 amide bonds. The molecule has 6 nitrogen and oxygen atoms in total. The Balaban J connectivity index is 1.44. The molecule has 3 rings (SSSR count). The molecular formula is C21H28Cl2N4O2S. The summed E-state index contributed by atoms with van der Waals surface area (Å²) in [6.45, 7) is 3.34. The van der Waals surface area contributed by atoms with Crippen molar-refractivity contribution in [2.24, 2.45) is 0 Å². The molecule has 2 aromatic rings. The second-order valence-corrected chi connectivity index (χ2v) is 9.15. The Hall–Kier alpha value is -1.44. The van der Waals surface area contributed by atoms with Crippen molar-refractivity contribution in [3.8, 4) is 5.75 Å². The SMILES string of the molecule is CCn1c(CCCOc2ccc(Cl)cc2Cl)nnc1SCC(=O)NC1CCCCC1. The highest BCUT2D eigenvalue weighted by molar-refractivity contribution is 7.99. The number of nitrogens with zero attached hydrogens (tertiary/aromatic N) is 3. The zero-order chi connectivity index (χ0) is 21.3. The van der Waals surface area contributed by atoms with E-state index in [1.54, 1.807) is 18.2 Å². The monoisotopic (exact) mass is 470 g/mol. The molecule has 1 aliphatic rings. The lowest BCUT2D eigenvalue weighted by Crippen LogP contribution is -2.37. The number of carbonyl (C=O) groups is 1. The summed E-state index contributed by atoms with van der Waals surface area (Å²) in [5.41, 5.74) is 0. The number of carbonyl (C=O) groups excluding carboxylic acids is 1. The summed E-state index contributed by atoms with van der Waals surface area (Å²) >= 11 is 13.5. The van der Waals surface area contributed by atoms with Gasteiger partial charge >= 0.3 is 0 Å². The van der Waals surface area contributed by atoms with Crippen molar-refractivity contribution in [2.45, 2.75) is 69.6 Å². The molecule has 1 heterocycles. The van der Waals surface area contributed by atoms with Crippen LogP contribution in [-0.4, -0.2) is 39.1 Å². The van der Waals surface area contributed by atoms with Gasteiger partial charge < -0.3 is 14.6 Å². The Kier molecular flexibility index (Phi) is 9.15. The summed E-state index contributed by atoms with van der Waals surface area (Å²) in [4.78, 5) is 12.3. The average Bonchev–Trinajstić information content (AvgIpc) is 3.13. The number of hydrogen-bond donors (Lipinski definition) is 1. The fraction of sp³-hybridized carbons (Fsp3) is 0.571. The third-order valence-electron chi connectivity index (χ3n) is 5.11. The van der Waals surface area contributed by atoms with Crippen LogP contribution in [0.1, 0.15) is 51.3 Å². The van der Waals surface area contributed by atoms with Crippen LogP contribution in [-0.2, 0) is 17.8 Å². The number of aryl methyl sites for hydroxylation is 1. The Morgan fingerprint density at radius 2 is 2.07 bits per heavy atom. The van der Waals surface area contributed by atoms with Crippen LogP contribution in [0.25, 0.3) is 0 Å². The second-order valence-electron chi connectivity index (χ2n) is 7.36. The van der Waals surface area contributed by atoms with Crippen LogP contribution in [0.4, 0.5) is 0 Å². The molecular weight excluding hydrogens is 443 g/mol. The standard InChI is InChI=1S/C21H28Cl2N4O2S/c1-2-27-19(9-6-12-29-18-11-10-15(22)13-17(18)23)25-26-21(27)30-14-20(28)24-16-7-4-3-5-8-16/h10-11,13,16H,2-9,12,14H2,1H3,(H,24,28). The smallest absolute Gasteiger partial charge is 0.230 e. The molecule has 1 aromatic heterocycles. The number of halogens is 2. The van der Waals surface area contributed by atoms with Gasteiger partial charge in [-0.25, -0.2) is 0 Å². The summed E-state index contributed by atoms with van der Waals surface area (Å²) in [6, 6.07) is 5.53. The van der Waals surface area contributed by atoms with Gasteiger partial charge in [0.05, 0.1) is 17.4 Å². The van der Waals surface area contributed by atoms with Crippen molar-refractivity contribution in [2.75, 3.05) is 12.4 Å². The fourth-order valence-corrected chi connectivity index (χ4v) is 4.87. The van der Waals surface area contributed by atoms with Gasteiger partial charge in [0, 0.05) is 24.0 Å². The Labute approximate surface area is 192 Å². The fourth-order valence-electron chi connectivity index (χ4n) is 3.58.